The molecular formula is C14H12N2O. The second kappa shape index (κ2) is 5.61. The first kappa shape index (κ1) is 11.1. The number of nitrogens with zero attached hydrogens (tertiary/aromatic N) is 1. The summed E-state index contributed by atoms with van der Waals surface area (Å²) >= 11 is 0. The number of rotatable bonds is 3. The van der Waals surface area contributed by atoms with E-state index in [9.17, 15) is 4.79 Å². The summed E-state index contributed by atoms with van der Waals surface area (Å²) in [5.74, 6) is -0.145. The second-order valence-corrected chi connectivity index (χ2v) is 3.47. The molecule has 2 rings (SSSR count). The highest BCUT2D eigenvalue weighted by Crippen LogP contribution is 2.05. The molecule has 3 nitrogen and oxygen atoms in total. The van der Waals surface area contributed by atoms with Gasteiger partial charge >= 0.3 is 0 Å². The maximum atomic E-state index is 11.6. The lowest BCUT2D eigenvalue weighted by molar-refractivity contribution is -0.111. The molecule has 1 N–H and O–H groups in total. The van der Waals surface area contributed by atoms with Crippen LogP contribution >= 0.6 is 0 Å². The number of carbonyl (C=O) groups excluding carboxylic acids is 1. The fourth-order valence-corrected chi connectivity index (χ4v) is 1.35. The van der Waals surface area contributed by atoms with Crippen molar-refractivity contribution >= 4 is 17.7 Å². The molecule has 17 heavy (non-hydrogen) atoms. The Bertz CT molecular complexity index is 506. The molecule has 0 unspecified atom stereocenters. The van der Waals surface area contributed by atoms with Crippen molar-refractivity contribution < 1.29 is 4.79 Å². The van der Waals surface area contributed by atoms with Crippen LogP contribution in [0.15, 0.2) is 60.9 Å². The van der Waals surface area contributed by atoms with Gasteiger partial charge in [0.1, 0.15) is 0 Å². The predicted molar refractivity (Wildman–Crippen MR) is 68.3 cm³/mol. The quantitative estimate of drug-likeness (QED) is 0.814. The molecule has 0 spiro atoms. The number of hydrogen-bond acceptors (Lipinski definition) is 2. The number of amides is 1. The van der Waals surface area contributed by atoms with Crippen LogP contribution in [0.25, 0.3) is 6.08 Å². The summed E-state index contributed by atoms with van der Waals surface area (Å²) in [6.07, 6.45) is 6.63. The molecule has 1 amide bonds. The SMILES string of the molecule is O=C(/C=C/c1ccncc1)Nc1ccccc1. The standard InChI is InChI=1S/C14H12N2O/c17-14(16-13-4-2-1-3-5-13)7-6-12-8-10-15-11-9-12/h1-11H,(H,16,17)/b7-6+. The highest BCUT2D eigenvalue weighted by Gasteiger charge is 1.95. The number of anilines is 1. The molecule has 1 aromatic heterocycles. The molecular weight excluding hydrogens is 212 g/mol. The summed E-state index contributed by atoms with van der Waals surface area (Å²) in [6.45, 7) is 0. The molecule has 84 valence electrons. The smallest absolute Gasteiger partial charge is 0.248 e. The topological polar surface area (TPSA) is 42.0 Å². The summed E-state index contributed by atoms with van der Waals surface area (Å²) < 4.78 is 0. The van der Waals surface area contributed by atoms with Crippen molar-refractivity contribution in [3.8, 4) is 0 Å². The Balaban J connectivity index is 1.96. The monoisotopic (exact) mass is 224 g/mol. The van der Waals surface area contributed by atoms with E-state index in [0.29, 0.717) is 0 Å². The van der Waals surface area contributed by atoms with Crippen LogP contribution in [0, 0.1) is 0 Å². The Morgan fingerprint density at radius 2 is 1.76 bits per heavy atom. The molecule has 0 fully saturated rings. The summed E-state index contributed by atoms with van der Waals surface area (Å²) in [6, 6.07) is 13.0. The Hall–Kier alpha value is -2.42. The maximum Gasteiger partial charge on any atom is 0.248 e. The summed E-state index contributed by atoms with van der Waals surface area (Å²) in [4.78, 5) is 15.5. The number of carbonyl (C=O) groups is 1. The van der Waals surface area contributed by atoms with Gasteiger partial charge in [0.05, 0.1) is 0 Å². The van der Waals surface area contributed by atoms with Crippen molar-refractivity contribution in [3.63, 3.8) is 0 Å². The van der Waals surface area contributed by atoms with E-state index in [0.717, 1.165) is 11.3 Å². The Morgan fingerprint density at radius 1 is 1.06 bits per heavy atom. The molecule has 0 bridgehead atoms. The summed E-state index contributed by atoms with van der Waals surface area (Å²) in [5.41, 5.74) is 1.74. The Kier molecular flexibility index (Phi) is 3.65. The van der Waals surface area contributed by atoms with Crippen molar-refractivity contribution in [1.82, 2.24) is 4.98 Å². The van der Waals surface area contributed by atoms with Gasteiger partial charge in [-0.25, -0.2) is 0 Å². The zero-order valence-electron chi connectivity index (χ0n) is 9.21. The second-order valence-electron chi connectivity index (χ2n) is 3.47. The van der Waals surface area contributed by atoms with Gasteiger partial charge in [0, 0.05) is 24.2 Å². The zero-order chi connectivity index (χ0) is 11.9. The van der Waals surface area contributed by atoms with E-state index in [1.54, 1.807) is 18.5 Å². The number of nitrogens with one attached hydrogen (secondary N) is 1. The normalized spacial score (nSPS) is 10.4. The molecule has 0 aliphatic rings. The Labute approximate surface area is 99.8 Å². The van der Waals surface area contributed by atoms with Crippen molar-refractivity contribution in [1.29, 1.82) is 0 Å². The molecule has 2 aromatic rings. The van der Waals surface area contributed by atoms with Gasteiger partial charge in [-0.05, 0) is 35.9 Å². The molecule has 0 saturated carbocycles. The van der Waals surface area contributed by atoms with Gasteiger partial charge in [-0.2, -0.15) is 0 Å². The highest BCUT2D eigenvalue weighted by molar-refractivity contribution is 6.01. The Morgan fingerprint density at radius 3 is 2.47 bits per heavy atom. The van der Waals surface area contributed by atoms with Crippen LogP contribution in [0.2, 0.25) is 0 Å². The maximum absolute atomic E-state index is 11.6. The number of para-hydroxylation sites is 1. The highest BCUT2D eigenvalue weighted by atomic mass is 16.1. The fourth-order valence-electron chi connectivity index (χ4n) is 1.35. The lowest BCUT2D eigenvalue weighted by Gasteiger charge is -2.00. The molecule has 1 heterocycles. The third-order valence-corrected chi connectivity index (χ3v) is 2.17. The van der Waals surface area contributed by atoms with Gasteiger partial charge in [0.25, 0.3) is 0 Å². The minimum absolute atomic E-state index is 0.145. The van der Waals surface area contributed by atoms with Crippen molar-refractivity contribution in [2.24, 2.45) is 0 Å². The molecule has 1 aromatic carbocycles. The van der Waals surface area contributed by atoms with E-state index >= 15 is 0 Å². The summed E-state index contributed by atoms with van der Waals surface area (Å²) in [5, 5.41) is 2.77. The number of aromatic nitrogens is 1. The summed E-state index contributed by atoms with van der Waals surface area (Å²) in [7, 11) is 0. The van der Waals surface area contributed by atoms with E-state index < -0.39 is 0 Å². The van der Waals surface area contributed by atoms with Gasteiger partial charge < -0.3 is 5.32 Å². The number of benzene rings is 1. The van der Waals surface area contributed by atoms with Crippen molar-refractivity contribution in [3.05, 3.63) is 66.5 Å². The minimum atomic E-state index is -0.145. The predicted octanol–water partition coefficient (Wildman–Crippen LogP) is 2.73. The van der Waals surface area contributed by atoms with Crippen LogP contribution in [0.3, 0.4) is 0 Å². The molecule has 0 aliphatic heterocycles. The van der Waals surface area contributed by atoms with Crippen LogP contribution in [0.5, 0.6) is 0 Å². The van der Waals surface area contributed by atoms with Crippen LogP contribution in [-0.2, 0) is 4.79 Å². The lowest BCUT2D eigenvalue weighted by Crippen LogP contribution is -2.07. The molecule has 0 atom stereocenters. The van der Waals surface area contributed by atoms with Gasteiger partial charge in [0.15, 0.2) is 0 Å². The van der Waals surface area contributed by atoms with E-state index in [2.05, 4.69) is 10.3 Å². The first-order valence-electron chi connectivity index (χ1n) is 5.29. The first-order valence-corrected chi connectivity index (χ1v) is 5.29. The van der Waals surface area contributed by atoms with Crippen LogP contribution in [-0.4, -0.2) is 10.9 Å². The average molecular weight is 224 g/mol. The van der Waals surface area contributed by atoms with Gasteiger partial charge in [-0.15, -0.1) is 0 Å². The number of pyridine rings is 1. The molecule has 3 heteroatoms. The average Bonchev–Trinajstić information content (AvgIpc) is 2.39. The third-order valence-electron chi connectivity index (χ3n) is 2.17. The molecule has 0 aliphatic carbocycles. The van der Waals surface area contributed by atoms with Crippen molar-refractivity contribution in [2.75, 3.05) is 5.32 Å². The van der Waals surface area contributed by atoms with Gasteiger partial charge in [0.2, 0.25) is 5.91 Å². The van der Waals surface area contributed by atoms with Gasteiger partial charge in [-0.3, -0.25) is 9.78 Å². The molecule has 0 radical (unpaired) electrons. The first-order chi connectivity index (χ1) is 8.34. The zero-order valence-corrected chi connectivity index (χ0v) is 9.21. The fraction of sp³-hybridized carbons (Fsp3) is 0. The van der Waals surface area contributed by atoms with Crippen LogP contribution < -0.4 is 5.32 Å². The third kappa shape index (κ3) is 3.57. The van der Waals surface area contributed by atoms with E-state index in [1.807, 2.05) is 42.5 Å². The van der Waals surface area contributed by atoms with Crippen LogP contribution in [0.4, 0.5) is 5.69 Å². The lowest BCUT2D eigenvalue weighted by atomic mass is 10.2. The van der Waals surface area contributed by atoms with Crippen LogP contribution in [0.1, 0.15) is 5.56 Å². The molecule has 0 saturated heterocycles. The van der Waals surface area contributed by atoms with Crippen molar-refractivity contribution in [2.45, 2.75) is 0 Å². The van der Waals surface area contributed by atoms with E-state index in [-0.39, 0.29) is 5.91 Å². The van der Waals surface area contributed by atoms with E-state index in [1.165, 1.54) is 6.08 Å². The number of hydrogen-bond donors (Lipinski definition) is 1. The van der Waals surface area contributed by atoms with Gasteiger partial charge in [-0.1, -0.05) is 18.2 Å². The largest absolute Gasteiger partial charge is 0.323 e. The minimum Gasteiger partial charge on any atom is -0.323 e. The van der Waals surface area contributed by atoms with E-state index in [4.69, 9.17) is 0 Å².